The number of hydrogen-bond donors (Lipinski definition) is 3. The molecule has 0 spiro atoms. The molecule has 1 aromatic rings. The summed E-state index contributed by atoms with van der Waals surface area (Å²) < 4.78 is 0. The van der Waals surface area contributed by atoms with E-state index in [9.17, 15) is 9.59 Å². The summed E-state index contributed by atoms with van der Waals surface area (Å²) in [6, 6.07) is 6.90. The topological polar surface area (TPSA) is 86.6 Å². The lowest BCUT2D eigenvalue weighted by atomic mass is 9.96. The molecule has 0 aliphatic heterocycles. The van der Waals surface area contributed by atoms with Crippen molar-refractivity contribution in [2.75, 3.05) is 13.2 Å². The summed E-state index contributed by atoms with van der Waals surface area (Å²) in [6.07, 6.45) is 0.115. The predicted octanol–water partition coefficient (Wildman–Crippen LogP) is 1.08. The van der Waals surface area contributed by atoms with Crippen LogP contribution >= 0.6 is 11.6 Å². The molecule has 0 bridgehead atoms. The van der Waals surface area contributed by atoms with Gasteiger partial charge in [0.05, 0.1) is 12.5 Å². The zero-order valence-electron chi connectivity index (χ0n) is 10.3. The Balaban J connectivity index is 2.63. The molecular weight excluding hydrogens is 270 g/mol. The molecule has 0 saturated carbocycles. The van der Waals surface area contributed by atoms with Gasteiger partial charge in [-0.05, 0) is 24.1 Å². The zero-order valence-corrected chi connectivity index (χ0v) is 11.1. The molecule has 0 saturated heterocycles. The molecule has 0 fully saturated rings. The Morgan fingerprint density at radius 3 is 2.68 bits per heavy atom. The van der Waals surface area contributed by atoms with Crippen LogP contribution in [-0.4, -0.2) is 35.2 Å². The molecule has 0 heterocycles. The Labute approximate surface area is 116 Å². The highest BCUT2D eigenvalue weighted by atomic mass is 35.5. The van der Waals surface area contributed by atoms with E-state index in [0.717, 1.165) is 5.56 Å². The van der Waals surface area contributed by atoms with E-state index in [-0.39, 0.29) is 31.9 Å². The van der Waals surface area contributed by atoms with Gasteiger partial charge in [-0.3, -0.25) is 9.59 Å². The molecule has 0 aromatic heterocycles. The van der Waals surface area contributed by atoms with Crippen LogP contribution in [0, 0.1) is 5.92 Å². The molecule has 0 radical (unpaired) electrons. The molecule has 6 heteroatoms. The number of rotatable bonds is 7. The van der Waals surface area contributed by atoms with E-state index in [2.05, 4.69) is 5.32 Å². The van der Waals surface area contributed by atoms with Crippen molar-refractivity contribution >= 4 is 23.5 Å². The van der Waals surface area contributed by atoms with Crippen LogP contribution in [0.5, 0.6) is 0 Å². The van der Waals surface area contributed by atoms with E-state index in [1.165, 1.54) is 0 Å². The maximum Gasteiger partial charge on any atom is 0.307 e. The monoisotopic (exact) mass is 285 g/mol. The van der Waals surface area contributed by atoms with Crippen LogP contribution < -0.4 is 5.32 Å². The minimum absolute atomic E-state index is 0.123. The van der Waals surface area contributed by atoms with Crippen LogP contribution in [0.2, 0.25) is 5.02 Å². The lowest BCUT2D eigenvalue weighted by Gasteiger charge is -2.12. The normalized spacial score (nSPS) is 11.9. The van der Waals surface area contributed by atoms with Gasteiger partial charge in [0.15, 0.2) is 0 Å². The Morgan fingerprint density at radius 1 is 1.37 bits per heavy atom. The van der Waals surface area contributed by atoms with E-state index in [1.54, 1.807) is 24.3 Å². The molecule has 1 aromatic carbocycles. The molecule has 0 aliphatic carbocycles. The zero-order chi connectivity index (χ0) is 14.3. The first-order valence-corrected chi connectivity index (χ1v) is 6.25. The van der Waals surface area contributed by atoms with Crippen LogP contribution in [0.3, 0.4) is 0 Å². The number of carboxylic acids is 1. The van der Waals surface area contributed by atoms with E-state index >= 15 is 0 Å². The van der Waals surface area contributed by atoms with Gasteiger partial charge in [0.1, 0.15) is 0 Å². The summed E-state index contributed by atoms with van der Waals surface area (Å²) in [5, 5.41) is 20.7. The van der Waals surface area contributed by atoms with Gasteiger partial charge in [0, 0.05) is 18.0 Å². The highest BCUT2D eigenvalue weighted by molar-refractivity contribution is 6.30. The second-order valence-electron chi connectivity index (χ2n) is 4.15. The standard InChI is InChI=1S/C13H16ClNO4/c14-11-3-1-2-9(7-11)6-10(13(18)19)8-12(17)15-4-5-16/h1-3,7,10,16H,4-6,8H2,(H,15,17)(H,18,19). The van der Waals surface area contributed by atoms with Crippen LogP contribution in [0.1, 0.15) is 12.0 Å². The first-order chi connectivity index (χ1) is 9.02. The van der Waals surface area contributed by atoms with Crippen LogP contribution in [-0.2, 0) is 16.0 Å². The third-order valence-corrected chi connectivity index (χ3v) is 2.82. The number of carbonyl (C=O) groups is 2. The van der Waals surface area contributed by atoms with E-state index < -0.39 is 11.9 Å². The molecule has 5 nitrogen and oxygen atoms in total. The SMILES string of the molecule is O=C(CC(Cc1cccc(Cl)c1)C(=O)O)NCCO. The van der Waals surface area contributed by atoms with Crippen molar-refractivity contribution in [2.24, 2.45) is 5.92 Å². The van der Waals surface area contributed by atoms with E-state index in [4.69, 9.17) is 21.8 Å². The van der Waals surface area contributed by atoms with Gasteiger partial charge in [-0.1, -0.05) is 23.7 Å². The first kappa shape index (κ1) is 15.5. The minimum Gasteiger partial charge on any atom is -0.481 e. The summed E-state index contributed by atoms with van der Waals surface area (Å²) in [5.74, 6) is -2.22. The highest BCUT2D eigenvalue weighted by Gasteiger charge is 2.21. The van der Waals surface area contributed by atoms with Gasteiger partial charge >= 0.3 is 5.97 Å². The Morgan fingerprint density at radius 2 is 2.11 bits per heavy atom. The third kappa shape index (κ3) is 5.72. The maximum absolute atomic E-state index is 11.5. The molecule has 0 aliphatic rings. The van der Waals surface area contributed by atoms with Gasteiger partial charge in [-0.15, -0.1) is 0 Å². The van der Waals surface area contributed by atoms with Crippen LogP contribution in [0.15, 0.2) is 24.3 Å². The molecular formula is C13H16ClNO4. The predicted molar refractivity (Wildman–Crippen MR) is 71.0 cm³/mol. The summed E-state index contributed by atoms with van der Waals surface area (Å²) >= 11 is 5.83. The average molecular weight is 286 g/mol. The van der Waals surface area contributed by atoms with E-state index in [1.807, 2.05) is 0 Å². The van der Waals surface area contributed by atoms with Crippen LogP contribution in [0.4, 0.5) is 0 Å². The highest BCUT2D eigenvalue weighted by Crippen LogP contribution is 2.16. The number of aliphatic hydroxyl groups excluding tert-OH is 1. The number of amides is 1. The maximum atomic E-state index is 11.5. The Hall–Kier alpha value is -1.59. The number of carboxylic acid groups (broad SMARTS) is 1. The summed E-state index contributed by atoms with van der Waals surface area (Å²) in [7, 11) is 0. The summed E-state index contributed by atoms with van der Waals surface area (Å²) in [5.41, 5.74) is 0.773. The van der Waals surface area contributed by atoms with E-state index in [0.29, 0.717) is 5.02 Å². The first-order valence-electron chi connectivity index (χ1n) is 5.87. The van der Waals surface area contributed by atoms with Crippen LogP contribution in [0.25, 0.3) is 0 Å². The molecule has 1 amide bonds. The van der Waals surface area contributed by atoms with Gasteiger partial charge in [0.2, 0.25) is 5.91 Å². The molecule has 19 heavy (non-hydrogen) atoms. The Bertz CT molecular complexity index is 450. The number of aliphatic carboxylic acids is 1. The largest absolute Gasteiger partial charge is 0.481 e. The lowest BCUT2D eigenvalue weighted by Crippen LogP contribution is -2.31. The quantitative estimate of drug-likeness (QED) is 0.700. The number of hydrogen-bond acceptors (Lipinski definition) is 3. The second kappa shape index (κ2) is 7.76. The number of carbonyl (C=O) groups excluding carboxylic acids is 1. The van der Waals surface area contributed by atoms with Crippen molar-refractivity contribution in [1.29, 1.82) is 0 Å². The third-order valence-electron chi connectivity index (χ3n) is 2.59. The number of benzene rings is 1. The van der Waals surface area contributed by atoms with Crippen molar-refractivity contribution in [3.8, 4) is 0 Å². The molecule has 104 valence electrons. The summed E-state index contributed by atoms with van der Waals surface area (Å²) in [4.78, 5) is 22.6. The fourth-order valence-corrected chi connectivity index (χ4v) is 1.90. The molecule has 1 atom stereocenters. The number of halogens is 1. The van der Waals surface area contributed by atoms with Crippen molar-refractivity contribution in [3.63, 3.8) is 0 Å². The minimum atomic E-state index is -1.03. The van der Waals surface area contributed by atoms with Gasteiger partial charge < -0.3 is 15.5 Å². The van der Waals surface area contributed by atoms with Crippen molar-refractivity contribution in [1.82, 2.24) is 5.32 Å². The fraction of sp³-hybridized carbons (Fsp3) is 0.385. The molecule has 1 rings (SSSR count). The van der Waals surface area contributed by atoms with Gasteiger partial charge in [-0.25, -0.2) is 0 Å². The van der Waals surface area contributed by atoms with Gasteiger partial charge in [0.25, 0.3) is 0 Å². The summed E-state index contributed by atoms with van der Waals surface area (Å²) in [6.45, 7) is -0.0416. The van der Waals surface area contributed by atoms with Gasteiger partial charge in [-0.2, -0.15) is 0 Å². The molecule has 1 unspecified atom stereocenters. The van der Waals surface area contributed by atoms with Crippen molar-refractivity contribution in [3.05, 3.63) is 34.9 Å². The smallest absolute Gasteiger partial charge is 0.307 e. The average Bonchev–Trinajstić information content (AvgIpc) is 2.35. The number of aliphatic hydroxyl groups is 1. The number of nitrogens with one attached hydrogen (secondary N) is 1. The van der Waals surface area contributed by atoms with Crippen molar-refractivity contribution < 1.29 is 19.8 Å². The Kier molecular flexibility index (Phi) is 6.32. The second-order valence-corrected chi connectivity index (χ2v) is 4.58. The van der Waals surface area contributed by atoms with Crippen molar-refractivity contribution in [2.45, 2.75) is 12.8 Å². The fourth-order valence-electron chi connectivity index (χ4n) is 1.69. The molecule has 3 N–H and O–H groups in total. The lowest BCUT2D eigenvalue weighted by molar-refractivity contribution is -0.144.